The van der Waals surface area contributed by atoms with Crippen molar-refractivity contribution in [2.45, 2.75) is 25.4 Å². The second-order valence-corrected chi connectivity index (χ2v) is 5.86. The van der Waals surface area contributed by atoms with Gasteiger partial charge in [-0.25, -0.2) is 15.0 Å². The van der Waals surface area contributed by atoms with Gasteiger partial charge < -0.3 is 9.80 Å². The molecule has 2 unspecified atom stereocenters. The van der Waals surface area contributed by atoms with Crippen molar-refractivity contribution in [1.82, 2.24) is 15.0 Å². The van der Waals surface area contributed by atoms with Crippen LogP contribution in [-0.4, -0.2) is 40.1 Å². The first-order valence-electron chi connectivity index (χ1n) is 7.43. The number of piperazine rings is 1. The maximum atomic E-state index is 9.27. The summed E-state index contributed by atoms with van der Waals surface area (Å²) in [6.45, 7) is 3.80. The molecule has 0 aromatic carbocycles. The van der Waals surface area contributed by atoms with Crippen LogP contribution < -0.4 is 9.80 Å². The lowest BCUT2D eigenvalue weighted by molar-refractivity contribution is 0.287. The fourth-order valence-electron chi connectivity index (χ4n) is 3.45. The van der Waals surface area contributed by atoms with Crippen molar-refractivity contribution in [1.29, 1.82) is 5.26 Å². The smallest absolute Gasteiger partial charge is 0.147 e. The molecule has 6 nitrogen and oxygen atoms in total. The number of piperidine rings is 1. The third-order valence-electron chi connectivity index (χ3n) is 4.46. The van der Waals surface area contributed by atoms with Gasteiger partial charge in [0.2, 0.25) is 0 Å². The van der Waals surface area contributed by atoms with Gasteiger partial charge in [-0.05, 0) is 25.5 Å². The fraction of sp³-hybridized carbons (Fsp3) is 0.375. The van der Waals surface area contributed by atoms with Crippen LogP contribution in [0.3, 0.4) is 0 Å². The minimum absolute atomic E-state index is 0.399. The van der Waals surface area contributed by atoms with Gasteiger partial charge in [0, 0.05) is 31.0 Å². The number of pyridine rings is 1. The highest BCUT2D eigenvalue weighted by Crippen LogP contribution is 2.38. The second-order valence-electron chi connectivity index (χ2n) is 5.86. The fourth-order valence-corrected chi connectivity index (χ4v) is 3.45. The Kier molecular flexibility index (Phi) is 2.93. The molecule has 0 spiro atoms. The highest BCUT2D eigenvalue weighted by molar-refractivity contribution is 5.59. The van der Waals surface area contributed by atoms with Gasteiger partial charge in [-0.1, -0.05) is 0 Å². The van der Waals surface area contributed by atoms with Crippen LogP contribution in [0.2, 0.25) is 0 Å². The van der Waals surface area contributed by atoms with Gasteiger partial charge in [0.1, 0.15) is 24.0 Å². The summed E-state index contributed by atoms with van der Waals surface area (Å²) in [5, 5.41) is 9.27. The molecule has 22 heavy (non-hydrogen) atoms. The lowest BCUT2D eigenvalue weighted by Crippen LogP contribution is -2.69. The number of anilines is 2. The van der Waals surface area contributed by atoms with Crippen molar-refractivity contribution < 1.29 is 0 Å². The van der Waals surface area contributed by atoms with Crippen LogP contribution in [-0.2, 0) is 0 Å². The van der Waals surface area contributed by atoms with Crippen LogP contribution in [0.5, 0.6) is 0 Å². The second kappa shape index (κ2) is 4.95. The summed E-state index contributed by atoms with van der Waals surface area (Å²) in [5.74, 6) is 1.81. The minimum Gasteiger partial charge on any atom is -0.352 e. The average molecular weight is 292 g/mol. The molecule has 0 saturated carbocycles. The van der Waals surface area contributed by atoms with Crippen LogP contribution >= 0.6 is 0 Å². The lowest BCUT2D eigenvalue weighted by Gasteiger charge is -2.57. The summed E-state index contributed by atoms with van der Waals surface area (Å²) in [6, 6.07) is 8.72. The molecular formula is C16H16N6. The molecule has 3 aliphatic rings. The van der Waals surface area contributed by atoms with E-state index >= 15 is 0 Å². The van der Waals surface area contributed by atoms with Crippen LogP contribution in [0, 0.1) is 18.3 Å². The van der Waals surface area contributed by atoms with Gasteiger partial charge in [0.05, 0.1) is 17.6 Å². The first-order chi connectivity index (χ1) is 10.8. The Morgan fingerprint density at radius 3 is 2.77 bits per heavy atom. The van der Waals surface area contributed by atoms with Crippen LogP contribution in [0.25, 0.3) is 0 Å². The maximum Gasteiger partial charge on any atom is 0.147 e. The van der Waals surface area contributed by atoms with Gasteiger partial charge >= 0.3 is 0 Å². The molecule has 2 aromatic heterocycles. The monoisotopic (exact) mass is 292 g/mol. The topological polar surface area (TPSA) is 68.9 Å². The number of fused-ring (bicyclic) bond motifs is 2. The van der Waals surface area contributed by atoms with Crippen LogP contribution in [0.15, 0.2) is 30.7 Å². The van der Waals surface area contributed by atoms with E-state index in [1.165, 1.54) is 0 Å². The Morgan fingerprint density at radius 1 is 1.23 bits per heavy atom. The van der Waals surface area contributed by atoms with E-state index in [0.29, 0.717) is 17.6 Å². The third-order valence-corrected chi connectivity index (χ3v) is 4.46. The normalized spacial score (nSPS) is 22.9. The van der Waals surface area contributed by atoms with E-state index in [-0.39, 0.29) is 0 Å². The molecular weight excluding hydrogens is 276 g/mol. The van der Waals surface area contributed by atoms with Crippen molar-refractivity contribution in [2.24, 2.45) is 0 Å². The van der Waals surface area contributed by atoms with E-state index in [4.69, 9.17) is 0 Å². The molecule has 3 saturated heterocycles. The molecule has 5 rings (SSSR count). The number of hydrogen-bond acceptors (Lipinski definition) is 6. The first-order valence-corrected chi connectivity index (χ1v) is 7.43. The minimum atomic E-state index is 0.399. The molecule has 2 bridgehead atoms. The predicted octanol–water partition coefficient (Wildman–Crippen LogP) is 1.52. The molecule has 0 amide bonds. The Hall–Kier alpha value is -2.68. The van der Waals surface area contributed by atoms with Crippen molar-refractivity contribution >= 4 is 11.6 Å². The number of nitrogens with zero attached hydrogens (tertiary/aromatic N) is 6. The van der Waals surface area contributed by atoms with Crippen molar-refractivity contribution in [3.8, 4) is 6.07 Å². The Morgan fingerprint density at radius 2 is 2.05 bits per heavy atom. The summed E-state index contributed by atoms with van der Waals surface area (Å²) < 4.78 is 0. The molecule has 0 N–H and O–H groups in total. The third kappa shape index (κ3) is 1.98. The number of hydrogen-bond donors (Lipinski definition) is 0. The van der Waals surface area contributed by atoms with E-state index < -0.39 is 0 Å². The van der Waals surface area contributed by atoms with E-state index in [1.807, 2.05) is 25.1 Å². The summed E-state index contributed by atoms with van der Waals surface area (Å²) in [4.78, 5) is 17.6. The van der Waals surface area contributed by atoms with Gasteiger partial charge in [0.25, 0.3) is 0 Å². The van der Waals surface area contributed by atoms with E-state index in [0.717, 1.165) is 36.8 Å². The molecule has 5 heterocycles. The zero-order valence-corrected chi connectivity index (χ0v) is 12.3. The zero-order chi connectivity index (χ0) is 15.1. The molecule has 3 fully saturated rings. The first kappa shape index (κ1) is 13.0. The van der Waals surface area contributed by atoms with E-state index in [9.17, 15) is 5.26 Å². The van der Waals surface area contributed by atoms with E-state index in [2.05, 4.69) is 30.8 Å². The van der Waals surface area contributed by atoms with E-state index in [1.54, 1.807) is 12.5 Å². The summed E-state index contributed by atoms with van der Waals surface area (Å²) in [5.41, 5.74) is 1.64. The molecule has 0 radical (unpaired) electrons. The summed E-state index contributed by atoms with van der Waals surface area (Å²) in [6.07, 6.45) is 4.53. The van der Waals surface area contributed by atoms with Crippen molar-refractivity contribution in [3.05, 3.63) is 42.0 Å². The average Bonchev–Trinajstić information content (AvgIpc) is 2.55. The van der Waals surface area contributed by atoms with Gasteiger partial charge in [0.15, 0.2) is 0 Å². The Balaban J connectivity index is 1.57. The van der Waals surface area contributed by atoms with Crippen LogP contribution in [0.4, 0.5) is 11.6 Å². The number of rotatable bonds is 2. The van der Waals surface area contributed by atoms with Crippen molar-refractivity contribution in [3.63, 3.8) is 0 Å². The number of aromatic nitrogens is 3. The summed E-state index contributed by atoms with van der Waals surface area (Å²) in [7, 11) is 0. The molecule has 6 heteroatoms. The van der Waals surface area contributed by atoms with Gasteiger partial charge in [-0.3, -0.25) is 0 Å². The largest absolute Gasteiger partial charge is 0.352 e. The quantitative estimate of drug-likeness (QED) is 0.836. The maximum absolute atomic E-state index is 9.27. The lowest BCUT2D eigenvalue weighted by atomic mass is 9.87. The highest BCUT2D eigenvalue weighted by Gasteiger charge is 2.46. The van der Waals surface area contributed by atoms with Gasteiger partial charge in [-0.2, -0.15) is 5.26 Å². The molecule has 0 aliphatic carbocycles. The molecule has 2 aromatic rings. The highest BCUT2D eigenvalue weighted by atomic mass is 15.4. The zero-order valence-electron chi connectivity index (χ0n) is 12.3. The standard InChI is InChI=1S/C16H16N6/c1-11-5-15(20-10-19-11)21-8-13-6-14(9-21)22(13)16-12(7-17)3-2-4-18-16/h2-5,10,13-14H,6,8-9H2,1H3. The molecule has 2 atom stereocenters. The SMILES string of the molecule is Cc1cc(N2CC3CC(C2)N3c2ncccc2C#N)ncn1. The van der Waals surface area contributed by atoms with Crippen LogP contribution in [0.1, 0.15) is 17.7 Å². The van der Waals surface area contributed by atoms with Gasteiger partial charge in [-0.15, -0.1) is 0 Å². The molecule has 110 valence electrons. The molecule has 3 aliphatic heterocycles. The number of nitriles is 1. The van der Waals surface area contributed by atoms with Crippen molar-refractivity contribution in [2.75, 3.05) is 22.9 Å². The number of aryl methyl sites for hydroxylation is 1. The Bertz CT molecular complexity index is 740. The predicted molar refractivity (Wildman–Crippen MR) is 82.6 cm³/mol. The summed E-state index contributed by atoms with van der Waals surface area (Å²) >= 11 is 0. The Labute approximate surface area is 129 Å².